The Bertz CT molecular complexity index is 640. The second kappa shape index (κ2) is 6.48. The Morgan fingerprint density at radius 3 is 2.53 bits per heavy atom. The molecule has 1 aromatic carbocycles. The average molecular weight is 274 g/mol. The first-order valence-corrected chi connectivity index (χ1v) is 7.03. The number of H-pyrrole nitrogens is 1. The molecule has 0 aliphatic heterocycles. The molecule has 0 fully saturated rings. The van der Waals surface area contributed by atoms with Crippen LogP contribution in [0.5, 0.6) is 0 Å². The normalized spacial score (nSPS) is 10.6. The highest BCUT2D eigenvalue weighted by atomic mass is 32.1. The minimum Gasteiger partial charge on any atom is -0.299 e. The lowest BCUT2D eigenvalue weighted by atomic mass is 10.1. The van der Waals surface area contributed by atoms with E-state index >= 15 is 0 Å². The Labute approximate surface area is 117 Å². The van der Waals surface area contributed by atoms with Crippen molar-refractivity contribution in [2.24, 2.45) is 0 Å². The van der Waals surface area contributed by atoms with Gasteiger partial charge >= 0.3 is 0 Å². The molecule has 0 aliphatic rings. The summed E-state index contributed by atoms with van der Waals surface area (Å²) in [5, 5.41) is 0. The molecule has 2 aromatic rings. The molecule has 4 heteroatoms. The fraction of sp³-hybridized carbons (Fsp3) is 0.333. The van der Waals surface area contributed by atoms with E-state index in [-0.39, 0.29) is 5.56 Å². The molecule has 1 N–H and O–H groups in total. The number of aryl methyl sites for hydroxylation is 1. The van der Waals surface area contributed by atoms with Gasteiger partial charge in [0, 0.05) is 18.0 Å². The van der Waals surface area contributed by atoms with Gasteiger partial charge in [0.25, 0.3) is 5.56 Å². The Kier molecular flexibility index (Phi) is 4.68. The van der Waals surface area contributed by atoms with Gasteiger partial charge < -0.3 is 0 Å². The van der Waals surface area contributed by atoms with Crippen LogP contribution >= 0.6 is 12.2 Å². The topological polar surface area (TPSA) is 37.8 Å². The quantitative estimate of drug-likeness (QED) is 0.668. The summed E-state index contributed by atoms with van der Waals surface area (Å²) in [7, 11) is 0. The van der Waals surface area contributed by atoms with Gasteiger partial charge in [-0.25, -0.2) is 0 Å². The molecule has 19 heavy (non-hydrogen) atoms. The maximum absolute atomic E-state index is 11.1. The van der Waals surface area contributed by atoms with Crippen LogP contribution in [0.1, 0.15) is 31.7 Å². The van der Waals surface area contributed by atoms with E-state index in [4.69, 9.17) is 12.2 Å². The van der Waals surface area contributed by atoms with Crippen LogP contribution in [0.3, 0.4) is 0 Å². The van der Waals surface area contributed by atoms with E-state index in [1.807, 2.05) is 12.1 Å². The number of hydrogen-bond donors (Lipinski definition) is 1. The van der Waals surface area contributed by atoms with E-state index < -0.39 is 0 Å². The highest BCUT2D eigenvalue weighted by Gasteiger charge is 1.98. The molecule has 100 valence electrons. The lowest BCUT2D eigenvalue weighted by molar-refractivity contribution is 0.717. The van der Waals surface area contributed by atoms with E-state index in [1.165, 1.54) is 30.9 Å². The van der Waals surface area contributed by atoms with Crippen LogP contribution in [0.15, 0.2) is 41.3 Å². The average Bonchev–Trinajstić information content (AvgIpc) is 2.40. The molecule has 0 atom stereocenters. The van der Waals surface area contributed by atoms with Gasteiger partial charge in [-0.3, -0.25) is 14.3 Å². The summed E-state index contributed by atoms with van der Waals surface area (Å²) >= 11 is 5.15. The molecular formula is C15H18N2OS. The minimum atomic E-state index is -0.169. The van der Waals surface area contributed by atoms with Crippen molar-refractivity contribution in [1.82, 2.24) is 9.55 Å². The zero-order chi connectivity index (χ0) is 13.7. The van der Waals surface area contributed by atoms with Gasteiger partial charge in [-0.2, -0.15) is 0 Å². The van der Waals surface area contributed by atoms with Crippen molar-refractivity contribution in [3.63, 3.8) is 0 Å². The van der Waals surface area contributed by atoms with Gasteiger partial charge in [-0.05, 0) is 42.8 Å². The first-order chi connectivity index (χ1) is 9.20. The molecule has 0 saturated carbocycles. The van der Waals surface area contributed by atoms with Crippen LogP contribution in [0, 0.1) is 4.77 Å². The molecule has 0 aliphatic carbocycles. The van der Waals surface area contributed by atoms with Gasteiger partial charge in [0.05, 0.1) is 0 Å². The highest BCUT2D eigenvalue weighted by molar-refractivity contribution is 7.71. The third-order valence-electron chi connectivity index (χ3n) is 3.11. The molecular weight excluding hydrogens is 256 g/mol. The fourth-order valence-electron chi connectivity index (χ4n) is 2.02. The second-order valence-electron chi connectivity index (χ2n) is 4.60. The summed E-state index contributed by atoms with van der Waals surface area (Å²) in [4.78, 5) is 13.8. The van der Waals surface area contributed by atoms with Crippen LogP contribution in [0.4, 0.5) is 0 Å². The maximum Gasteiger partial charge on any atom is 0.251 e. The van der Waals surface area contributed by atoms with Crippen molar-refractivity contribution in [2.45, 2.75) is 32.6 Å². The largest absolute Gasteiger partial charge is 0.299 e. The summed E-state index contributed by atoms with van der Waals surface area (Å²) in [6, 6.07) is 9.80. The molecule has 3 nitrogen and oxygen atoms in total. The van der Waals surface area contributed by atoms with Crippen LogP contribution < -0.4 is 5.56 Å². The predicted molar refractivity (Wildman–Crippen MR) is 80.5 cm³/mol. The Hall–Kier alpha value is -1.68. The maximum atomic E-state index is 11.1. The number of benzene rings is 1. The Morgan fingerprint density at radius 1 is 1.16 bits per heavy atom. The smallest absolute Gasteiger partial charge is 0.251 e. The number of aromatic nitrogens is 2. The van der Waals surface area contributed by atoms with Crippen molar-refractivity contribution in [3.8, 4) is 5.69 Å². The number of rotatable bonds is 5. The third kappa shape index (κ3) is 3.64. The van der Waals surface area contributed by atoms with Crippen LogP contribution in [0.2, 0.25) is 0 Å². The highest BCUT2D eigenvalue weighted by Crippen LogP contribution is 2.12. The number of nitrogens with zero attached hydrogens (tertiary/aromatic N) is 1. The molecule has 0 radical (unpaired) electrons. The first kappa shape index (κ1) is 13.7. The van der Waals surface area contributed by atoms with Crippen molar-refractivity contribution in [3.05, 3.63) is 57.2 Å². The molecule has 0 saturated heterocycles. The number of aromatic amines is 1. The van der Waals surface area contributed by atoms with Gasteiger partial charge in [-0.1, -0.05) is 31.9 Å². The van der Waals surface area contributed by atoms with E-state index in [0.717, 1.165) is 12.1 Å². The molecule has 2 rings (SSSR count). The first-order valence-electron chi connectivity index (χ1n) is 6.62. The fourth-order valence-corrected chi connectivity index (χ4v) is 2.29. The van der Waals surface area contributed by atoms with Crippen molar-refractivity contribution < 1.29 is 0 Å². The lowest BCUT2D eigenvalue weighted by Gasteiger charge is -2.07. The van der Waals surface area contributed by atoms with Gasteiger partial charge in [0.1, 0.15) is 0 Å². The predicted octanol–water partition coefficient (Wildman–Crippen LogP) is 3.63. The lowest BCUT2D eigenvalue weighted by Crippen LogP contribution is -2.09. The van der Waals surface area contributed by atoms with Crippen molar-refractivity contribution >= 4 is 12.2 Å². The van der Waals surface area contributed by atoms with E-state index in [0.29, 0.717) is 4.77 Å². The SMILES string of the molecule is CCCCCc1ccc(-n2ccc(=O)[nH]c2=S)cc1. The van der Waals surface area contributed by atoms with Crippen molar-refractivity contribution in [2.75, 3.05) is 0 Å². The van der Waals surface area contributed by atoms with E-state index in [1.54, 1.807) is 10.8 Å². The summed E-state index contributed by atoms with van der Waals surface area (Å²) < 4.78 is 2.22. The molecule has 0 spiro atoms. The summed E-state index contributed by atoms with van der Waals surface area (Å²) in [5.41, 5.74) is 2.14. The van der Waals surface area contributed by atoms with E-state index in [2.05, 4.69) is 24.0 Å². The summed E-state index contributed by atoms with van der Waals surface area (Å²) in [6.07, 6.45) is 6.56. The summed E-state index contributed by atoms with van der Waals surface area (Å²) in [6.45, 7) is 2.21. The number of nitrogens with one attached hydrogen (secondary N) is 1. The Morgan fingerprint density at radius 2 is 1.89 bits per heavy atom. The monoisotopic (exact) mass is 274 g/mol. The van der Waals surface area contributed by atoms with E-state index in [9.17, 15) is 4.79 Å². The Balaban J connectivity index is 2.18. The zero-order valence-corrected chi connectivity index (χ0v) is 11.9. The molecule has 1 aromatic heterocycles. The standard InChI is InChI=1S/C15H18N2OS/c1-2-3-4-5-12-6-8-13(9-7-12)17-11-10-14(18)16-15(17)19/h6-11H,2-5H2,1H3,(H,16,18,19). The van der Waals surface area contributed by atoms with Gasteiger partial charge in [0.2, 0.25) is 0 Å². The minimum absolute atomic E-state index is 0.169. The zero-order valence-electron chi connectivity index (χ0n) is 11.1. The van der Waals surface area contributed by atoms with Crippen LogP contribution in [-0.2, 0) is 6.42 Å². The van der Waals surface area contributed by atoms with Crippen LogP contribution in [-0.4, -0.2) is 9.55 Å². The third-order valence-corrected chi connectivity index (χ3v) is 3.41. The summed E-state index contributed by atoms with van der Waals surface area (Å²) in [5.74, 6) is 0. The van der Waals surface area contributed by atoms with Gasteiger partial charge in [-0.15, -0.1) is 0 Å². The molecule has 0 amide bonds. The van der Waals surface area contributed by atoms with Crippen molar-refractivity contribution in [1.29, 1.82) is 0 Å². The molecule has 0 unspecified atom stereocenters. The van der Waals surface area contributed by atoms with Gasteiger partial charge in [0.15, 0.2) is 4.77 Å². The van der Waals surface area contributed by atoms with Crippen LogP contribution in [0.25, 0.3) is 5.69 Å². The molecule has 0 bridgehead atoms. The second-order valence-corrected chi connectivity index (χ2v) is 4.99. The number of unbranched alkanes of at least 4 members (excludes halogenated alkanes) is 2. The molecule has 1 heterocycles. The number of hydrogen-bond acceptors (Lipinski definition) is 2.